The Morgan fingerprint density at radius 1 is 1.29 bits per heavy atom. The molecule has 3 heteroatoms. The average molecular weight is 286 g/mol. The van der Waals surface area contributed by atoms with E-state index in [2.05, 4.69) is 30.9 Å². The van der Waals surface area contributed by atoms with Crippen molar-refractivity contribution < 1.29 is 4.74 Å². The largest absolute Gasteiger partial charge is 0.497 e. The zero-order valence-corrected chi connectivity index (χ0v) is 13.4. The number of ether oxygens (including phenoxy) is 1. The summed E-state index contributed by atoms with van der Waals surface area (Å²) in [4.78, 5) is 2.52. The molecule has 1 aromatic rings. The lowest BCUT2D eigenvalue weighted by molar-refractivity contribution is 0.149. The molecule has 0 saturated heterocycles. The second-order valence-electron chi connectivity index (χ2n) is 5.88. The molecule has 2 rings (SSSR count). The maximum absolute atomic E-state index is 9.79. The van der Waals surface area contributed by atoms with E-state index in [1.54, 1.807) is 7.11 Å². The monoisotopic (exact) mass is 286 g/mol. The van der Waals surface area contributed by atoms with Crippen molar-refractivity contribution in [2.45, 2.75) is 51.0 Å². The third-order valence-corrected chi connectivity index (χ3v) is 4.97. The van der Waals surface area contributed by atoms with Crippen LogP contribution in [0.1, 0.15) is 45.1 Å². The van der Waals surface area contributed by atoms with E-state index in [1.165, 1.54) is 0 Å². The van der Waals surface area contributed by atoms with Gasteiger partial charge in [-0.15, -0.1) is 0 Å². The standard InChI is InChI=1S/C18H26N2O/c1-4-20(5-2)16-9-11-18(14-19,12-10-16)15-7-6-8-17(13-15)21-3/h6-8,13,16H,4-5,9-12H2,1-3H3/t16-,18-. The molecule has 0 radical (unpaired) electrons. The van der Waals surface area contributed by atoms with E-state index < -0.39 is 0 Å². The van der Waals surface area contributed by atoms with Gasteiger partial charge in [-0.05, 0) is 56.5 Å². The molecule has 3 nitrogen and oxygen atoms in total. The van der Waals surface area contributed by atoms with Gasteiger partial charge in [-0.3, -0.25) is 0 Å². The maximum Gasteiger partial charge on any atom is 0.119 e. The Balaban J connectivity index is 2.16. The van der Waals surface area contributed by atoms with Crippen molar-refractivity contribution in [2.75, 3.05) is 20.2 Å². The normalized spacial score (nSPS) is 25.6. The number of nitriles is 1. The fourth-order valence-electron chi connectivity index (χ4n) is 3.59. The molecule has 0 unspecified atom stereocenters. The number of hydrogen-bond donors (Lipinski definition) is 0. The van der Waals surface area contributed by atoms with Crippen LogP contribution >= 0.6 is 0 Å². The lowest BCUT2D eigenvalue weighted by Gasteiger charge is -2.40. The van der Waals surface area contributed by atoms with Gasteiger partial charge in [0.25, 0.3) is 0 Å². The quantitative estimate of drug-likeness (QED) is 0.827. The second kappa shape index (κ2) is 6.95. The molecule has 1 fully saturated rings. The third kappa shape index (κ3) is 3.22. The van der Waals surface area contributed by atoms with Gasteiger partial charge >= 0.3 is 0 Å². The van der Waals surface area contributed by atoms with Crippen LogP contribution in [0.25, 0.3) is 0 Å². The SMILES string of the molecule is CCN(CC)[C@H]1CC[C@](C#N)(c2cccc(OC)c2)CC1. The van der Waals surface area contributed by atoms with Crippen LogP contribution in [0.2, 0.25) is 0 Å². The molecule has 0 bridgehead atoms. The second-order valence-corrected chi connectivity index (χ2v) is 5.88. The maximum atomic E-state index is 9.79. The lowest BCUT2D eigenvalue weighted by atomic mass is 9.69. The van der Waals surface area contributed by atoms with Crippen LogP contribution < -0.4 is 4.74 Å². The van der Waals surface area contributed by atoms with E-state index in [9.17, 15) is 5.26 Å². The van der Waals surface area contributed by atoms with E-state index in [0.717, 1.165) is 50.1 Å². The third-order valence-electron chi connectivity index (χ3n) is 4.97. The Hall–Kier alpha value is -1.53. The summed E-state index contributed by atoms with van der Waals surface area (Å²) in [5.41, 5.74) is 0.778. The van der Waals surface area contributed by atoms with Crippen LogP contribution in [0.4, 0.5) is 0 Å². The van der Waals surface area contributed by atoms with Crippen molar-refractivity contribution in [2.24, 2.45) is 0 Å². The smallest absolute Gasteiger partial charge is 0.119 e. The number of methoxy groups -OCH3 is 1. The summed E-state index contributed by atoms with van der Waals surface area (Å²) in [6.45, 7) is 6.63. The summed E-state index contributed by atoms with van der Waals surface area (Å²) >= 11 is 0. The van der Waals surface area contributed by atoms with E-state index >= 15 is 0 Å². The highest BCUT2D eigenvalue weighted by atomic mass is 16.5. The number of benzene rings is 1. The first kappa shape index (κ1) is 15.9. The summed E-state index contributed by atoms with van der Waals surface area (Å²) in [7, 11) is 1.68. The number of nitrogens with zero attached hydrogens (tertiary/aromatic N) is 2. The Kier molecular flexibility index (Phi) is 5.25. The van der Waals surface area contributed by atoms with Crippen LogP contribution in [-0.2, 0) is 5.41 Å². The molecule has 1 aliphatic rings. The molecule has 0 aromatic heterocycles. The molecule has 21 heavy (non-hydrogen) atoms. The fraction of sp³-hybridized carbons (Fsp3) is 0.611. The minimum absolute atomic E-state index is 0.335. The molecular weight excluding hydrogens is 260 g/mol. The Bertz CT molecular complexity index is 494. The van der Waals surface area contributed by atoms with Crippen LogP contribution in [0, 0.1) is 11.3 Å². The molecule has 0 N–H and O–H groups in total. The van der Waals surface area contributed by atoms with Crippen molar-refractivity contribution in [1.82, 2.24) is 4.90 Å². The molecule has 0 amide bonds. The highest BCUT2D eigenvalue weighted by molar-refractivity contribution is 5.38. The zero-order valence-electron chi connectivity index (χ0n) is 13.4. The molecule has 0 atom stereocenters. The first-order chi connectivity index (χ1) is 10.2. The van der Waals surface area contributed by atoms with Crippen molar-refractivity contribution in [3.05, 3.63) is 29.8 Å². The highest BCUT2D eigenvalue weighted by Crippen LogP contribution is 2.41. The van der Waals surface area contributed by atoms with Crippen LogP contribution in [0.15, 0.2) is 24.3 Å². The van der Waals surface area contributed by atoms with Gasteiger partial charge in [0, 0.05) is 6.04 Å². The van der Waals surface area contributed by atoms with Gasteiger partial charge in [-0.25, -0.2) is 0 Å². The van der Waals surface area contributed by atoms with Gasteiger partial charge in [-0.2, -0.15) is 5.26 Å². The lowest BCUT2D eigenvalue weighted by Crippen LogP contribution is -2.41. The van der Waals surface area contributed by atoms with Gasteiger partial charge in [0.15, 0.2) is 0 Å². The Morgan fingerprint density at radius 3 is 2.48 bits per heavy atom. The number of hydrogen-bond acceptors (Lipinski definition) is 3. The molecule has 114 valence electrons. The molecular formula is C18H26N2O. The van der Waals surface area contributed by atoms with Gasteiger partial charge in [-0.1, -0.05) is 26.0 Å². The van der Waals surface area contributed by atoms with Crippen molar-refractivity contribution >= 4 is 0 Å². The van der Waals surface area contributed by atoms with E-state index in [4.69, 9.17) is 4.74 Å². The number of rotatable bonds is 5. The minimum atomic E-state index is -0.335. The van der Waals surface area contributed by atoms with Crippen molar-refractivity contribution in [3.8, 4) is 11.8 Å². The highest BCUT2D eigenvalue weighted by Gasteiger charge is 2.38. The summed E-state index contributed by atoms with van der Waals surface area (Å²) in [6, 6.07) is 11.3. The van der Waals surface area contributed by atoms with E-state index in [-0.39, 0.29) is 5.41 Å². The van der Waals surface area contributed by atoms with Crippen molar-refractivity contribution in [3.63, 3.8) is 0 Å². The predicted octanol–water partition coefficient (Wildman–Crippen LogP) is 3.74. The summed E-state index contributed by atoms with van der Waals surface area (Å²) in [5, 5.41) is 9.79. The van der Waals surface area contributed by atoms with Gasteiger partial charge < -0.3 is 9.64 Å². The summed E-state index contributed by atoms with van der Waals surface area (Å²) in [5.74, 6) is 0.841. The molecule has 1 aliphatic carbocycles. The zero-order chi connectivity index (χ0) is 15.3. The summed E-state index contributed by atoms with van der Waals surface area (Å²) in [6.07, 6.45) is 4.09. The molecule has 0 spiro atoms. The van der Waals surface area contributed by atoms with E-state index in [0.29, 0.717) is 6.04 Å². The van der Waals surface area contributed by atoms with Gasteiger partial charge in [0.05, 0.1) is 18.6 Å². The van der Waals surface area contributed by atoms with Crippen molar-refractivity contribution in [1.29, 1.82) is 5.26 Å². The fourth-order valence-corrected chi connectivity index (χ4v) is 3.59. The minimum Gasteiger partial charge on any atom is -0.497 e. The molecule has 1 saturated carbocycles. The Morgan fingerprint density at radius 2 is 1.95 bits per heavy atom. The molecule has 0 aliphatic heterocycles. The predicted molar refractivity (Wildman–Crippen MR) is 85.5 cm³/mol. The molecule has 1 aromatic carbocycles. The van der Waals surface area contributed by atoms with E-state index in [1.807, 2.05) is 18.2 Å². The van der Waals surface area contributed by atoms with Gasteiger partial charge in [0.1, 0.15) is 5.75 Å². The summed E-state index contributed by atoms with van der Waals surface area (Å²) < 4.78 is 5.31. The Labute approximate surface area is 128 Å². The average Bonchev–Trinajstić information content (AvgIpc) is 2.57. The van der Waals surface area contributed by atoms with Crippen LogP contribution in [0.5, 0.6) is 5.75 Å². The topological polar surface area (TPSA) is 36.3 Å². The van der Waals surface area contributed by atoms with Crippen LogP contribution in [-0.4, -0.2) is 31.1 Å². The van der Waals surface area contributed by atoms with Crippen LogP contribution in [0.3, 0.4) is 0 Å². The molecule has 0 heterocycles. The van der Waals surface area contributed by atoms with Gasteiger partial charge in [0.2, 0.25) is 0 Å². The first-order valence-corrected chi connectivity index (χ1v) is 7.99. The first-order valence-electron chi connectivity index (χ1n) is 7.99.